The number of hydrogen-bond acceptors (Lipinski definition) is 5. The molecule has 2 aromatic rings. The van der Waals surface area contributed by atoms with Crippen LogP contribution in [-0.2, 0) is 14.8 Å². The summed E-state index contributed by atoms with van der Waals surface area (Å²) in [6.07, 6.45) is 0. The number of benzene rings is 2. The Kier molecular flexibility index (Phi) is 6.42. The Labute approximate surface area is 176 Å². The molecule has 0 saturated carbocycles. The van der Waals surface area contributed by atoms with Crippen LogP contribution in [-0.4, -0.2) is 44.8 Å². The average molecular weight is 432 g/mol. The van der Waals surface area contributed by atoms with Crippen molar-refractivity contribution in [1.82, 2.24) is 9.62 Å². The molecule has 0 aliphatic carbocycles. The van der Waals surface area contributed by atoms with Crippen LogP contribution in [0.3, 0.4) is 0 Å². The van der Waals surface area contributed by atoms with Crippen LogP contribution in [0.5, 0.6) is 5.75 Å². The highest BCUT2D eigenvalue weighted by molar-refractivity contribution is 7.89. The molecule has 160 valence electrons. The number of carbonyl (C=O) groups excluding carboxylic acids is 2. The van der Waals surface area contributed by atoms with Crippen LogP contribution in [0.15, 0.2) is 47.4 Å². The molecule has 2 amide bonds. The molecule has 30 heavy (non-hydrogen) atoms. The highest BCUT2D eigenvalue weighted by atomic mass is 32.2. The van der Waals surface area contributed by atoms with E-state index in [1.54, 1.807) is 30.0 Å². The summed E-state index contributed by atoms with van der Waals surface area (Å²) in [6.45, 7) is 6.62. The summed E-state index contributed by atoms with van der Waals surface area (Å²) in [5, 5.41) is 2.71. The highest BCUT2D eigenvalue weighted by Crippen LogP contribution is 2.31. The Bertz CT molecular complexity index is 1050. The van der Waals surface area contributed by atoms with Crippen LogP contribution in [0.2, 0.25) is 0 Å². The van der Waals surface area contributed by atoms with E-state index in [1.165, 1.54) is 24.3 Å². The Morgan fingerprint density at radius 1 is 1.17 bits per heavy atom. The molecule has 3 rings (SSSR count). The summed E-state index contributed by atoms with van der Waals surface area (Å²) < 4.78 is 33.5. The molecule has 0 bridgehead atoms. The molecule has 2 aromatic carbocycles. The lowest BCUT2D eigenvalue weighted by molar-refractivity contribution is -0.118. The highest BCUT2D eigenvalue weighted by Gasteiger charge is 2.22. The van der Waals surface area contributed by atoms with Gasteiger partial charge in [-0.1, -0.05) is 6.07 Å². The van der Waals surface area contributed by atoms with E-state index in [0.29, 0.717) is 35.7 Å². The molecule has 0 aromatic heterocycles. The number of fused-ring (bicyclic) bond motifs is 1. The third-order valence-electron chi connectivity index (χ3n) is 4.93. The van der Waals surface area contributed by atoms with Gasteiger partial charge in [-0.2, -0.15) is 0 Å². The third kappa shape index (κ3) is 4.63. The number of nitrogens with one attached hydrogen (secondary N) is 2. The Hall–Kier alpha value is -2.91. The van der Waals surface area contributed by atoms with Crippen LogP contribution in [0.25, 0.3) is 0 Å². The summed E-state index contributed by atoms with van der Waals surface area (Å²) in [5.41, 5.74) is 1.63. The van der Waals surface area contributed by atoms with E-state index >= 15 is 0 Å². The predicted octanol–water partition coefficient (Wildman–Crippen LogP) is 2.54. The van der Waals surface area contributed by atoms with Crippen molar-refractivity contribution < 1.29 is 22.7 Å². The number of nitrogens with zero attached hydrogens (tertiary/aromatic N) is 1. The van der Waals surface area contributed by atoms with E-state index < -0.39 is 16.1 Å². The minimum absolute atomic E-state index is 0.0404. The number of hydrogen-bond donors (Lipinski definition) is 2. The van der Waals surface area contributed by atoms with Crippen molar-refractivity contribution in [3.63, 3.8) is 0 Å². The van der Waals surface area contributed by atoms with Gasteiger partial charge in [0.15, 0.2) is 6.61 Å². The van der Waals surface area contributed by atoms with Crippen molar-refractivity contribution >= 4 is 27.5 Å². The van der Waals surface area contributed by atoms with Gasteiger partial charge >= 0.3 is 0 Å². The first kappa shape index (κ1) is 21.8. The zero-order valence-electron chi connectivity index (χ0n) is 17.1. The van der Waals surface area contributed by atoms with Crippen molar-refractivity contribution in [3.8, 4) is 5.75 Å². The number of sulfonamides is 1. The van der Waals surface area contributed by atoms with E-state index in [0.717, 1.165) is 0 Å². The number of ether oxygens (including phenoxy) is 1. The predicted molar refractivity (Wildman–Crippen MR) is 113 cm³/mol. The second-order valence-electron chi connectivity index (χ2n) is 6.94. The lowest BCUT2D eigenvalue weighted by Gasteiger charge is -2.21. The number of carbonyl (C=O) groups is 2. The first-order valence-electron chi connectivity index (χ1n) is 9.73. The number of rotatable bonds is 7. The minimum atomic E-state index is -3.81. The molecule has 0 saturated heterocycles. The van der Waals surface area contributed by atoms with Crippen molar-refractivity contribution in [1.29, 1.82) is 0 Å². The molecule has 1 aliphatic heterocycles. The zero-order valence-corrected chi connectivity index (χ0v) is 18.0. The molecule has 1 heterocycles. The summed E-state index contributed by atoms with van der Waals surface area (Å²) in [6, 6.07) is 10.5. The molecule has 9 heteroatoms. The van der Waals surface area contributed by atoms with Crippen molar-refractivity contribution in [2.45, 2.75) is 31.7 Å². The van der Waals surface area contributed by atoms with Crippen LogP contribution >= 0.6 is 0 Å². The maximum absolute atomic E-state index is 12.8. The number of anilines is 1. The average Bonchev–Trinajstić information content (AvgIpc) is 2.73. The zero-order chi connectivity index (χ0) is 21.9. The van der Waals surface area contributed by atoms with Gasteiger partial charge < -0.3 is 15.0 Å². The van der Waals surface area contributed by atoms with Crippen molar-refractivity contribution in [3.05, 3.63) is 53.6 Å². The third-order valence-corrected chi connectivity index (χ3v) is 6.49. The quantitative estimate of drug-likeness (QED) is 0.701. The van der Waals surface area contributed by atoms with E-state index in [-0.39, 0.29) is 23.3 Å². The van der Waals surface area contributed by atoms with Crippen LogP contribution in [0, 0.1) is 0 Å². The van der Waals surface area contributed by atoms with E-state index in [2.05, 4.69) is 10.0 Å². The summed E-state index contributed by atoms with van der Waals surface area (Å²) in [7, 11) is -3.81. The van der Waals surface area contributed by atoms with E-state index in [9.17, 15) is 18.0 Å². The largest absolute Gasteiger partial charge is 0.482 e. The molecular weight excluding hydrogens is 406 g/mol. The van der Waals surface area contributed by atoms with Gasteiger partial charge in [-0.25, -0.2) is 13.1 Å². The monoisotopic (exact) mass is 431 g/mol. The maximum Gasteiger partial charge on any atom is 0.262 e. The fourth-order valence-electron chi connectivity index (χ4n) is 3.21. The first-order chi connectivity index (χ1) is 14.2. The Morgan fingerprint density at radius 2 is 1.83 bits per heavy atom. The summed E-state index contributed by atoms with van der Waals surface area (Å²) in [4.78, 5) is 25.6. The van der Waals surface area contributed by atoms with Gasteiger partial charge in [0.2, 0.25) is 10.0 Å². The van der Waals surface area contributed by atoms with Crippen LogP contribution in [0.4, 0.5) is 5.69 Å². The van der Waals surface area contributed by atoms with E-state index in [4.69, 9.17) is 4.74 Å². The van der Waals surface area contributed by atoms with Gasteiger partial charge in [-0.15, -0.1) is 0 Å². The van der Waals surface area contributed by atoms with Gasteiger partial charge in [0.1, 0.15) is 5.75 Å². The molecular formula is C21H25N3O5S. The normalized spacial score (nSPS) is 14.3. The molecule has 2 N–H and O–H groups in total. The number of amides is 2. The SMILES string of the molecule is CCN(CC)C(=O)c1ccc(S(=O)(=O)NC(C)c2ccc3c(c2)NC(=O)CO3)cc1. The Balaban J connectivity index is 1.75. The second kappa shape index (κ2) is 8.85. The smallest absolute Gasteiger partial charge is 0.262 e. The van der Waals surface area contributed by atoms with E-state index in [1.807, 2.05) is 13.8 Å². The van der Waals surface area contributed by atoms with Gasteiger partial charge in [-0.3, -0.25) is 9.59 Å². The van der Waals surface area contributed by atoms with Gasteiger partial charge in [0.25, 0.3) is 11.8 Å². The fraction of sp³-hybridized carbons (Fsp3) is 0.333. The second-order valence-corrected chi connectivity index (χ2v) is 8.65. The molecule has 1 aliphatic rings. The first-order valence-corrected chi connectivity index (χ1v) is 11.2. The molecule has 1 unspecified atom stereocenters. The minimum Gasteiger partial charge on any atom is -0.482 e. The summed E-state index contributed by atoms with van der Waals surface area (Å²) in [5.74, 6) is 0.151. The van der Waals surface area contributed by atoms with Crippen LogP contribution in [0.1, 0.15) is 42.7 Å². The maximum atomic E-state index is 12.8. The van der Waals surface area contributed by atoms with Gasteiger partial charge in [-0.05, 0) is 62.7 Å². The molecule has 0 fully saturated rings. The van der Waals surface area contributed by atoms with Crippen molar-refractivity contribution in [2.75, 3.05) is 25.0 Å². The molecule has 1 atom stereocenters. The van der Waals surface area contributed by atoms with Crippen LogP contribution < -0.4 is 14.8 Å². The lowest BCUT2D eigenvalue weighted by Crippen LogP contribution is -2.30. The lowest BCUT2D eigenvalue weighted by atomic mass is 10.1. The fourth-order valence-corrected chi connectivity index (χ4v) is 4.44. The molecule has 0 spiro atoms. The van der Waals surface area contributed by atoms with Crippen molar-refractivity contribution in [2.24, 2.45) is 0 Å². The summed E-state index contributed by atoms with van der Waals surface area (Å²) >= 11 is 0. The van der Waals surface area contributed by atoms with Gasteiger partial charge in [0, 0.05) is 24.7 Å². The standard InChI is InChI=1S/C21H25N3O5S/c1-4-24(5-2)21(26)15-6-9-17(10-7-15)30(27,28)23-14(3)16-8-11-19-18(12-16)22-20(25)13-29-19/h6-12,14,23H,4-5,13H2,1-3H3,(H,22,25). The van der Waals surface area contributed by atoms with Gasteiger partial charge in [0.05, 0.1) is 10.6 Å². The Morgan fingerprint density at radius 3 is 2.47 bits per heavy atom. The topological polar surface area (TPSA) is 105 Å². The molecule has 8 nitrogen and oxygen atoms in total. The molecule has 0 radical (unpaired) electrons.